The van der Waals surface area contributed by atoms with Gasteiger partial charge in [-0.05, 0) is 28.8 Å². The maximum Gasteiger partial charge on any atom is 0.184 e. The zero-order chi connectivity index (χ0) is 8.55. The molecule has 0 aromatic carbocycles. The summed E-state index contributed by atoms with van der Waals surface area (Å²) >= 11 is 4.88. The van der Waals surface area contributed by atoms with Crippen LogP contribution in [0.5, 0.6) is 0 Å². The van der Waals surface area contributed by atoms with Gasteiger partial charge in [-0.1, -0.05) is 11.3 Å². The summed E-state index contributed by atoms with van der Waals surface area (Å²) in [7, 11) is 0. The lowest BCUT2D eigenvalue weighted by atomic mass is 9.89. The van der Waals surface area contributed by atoms with Gasteiger partial charge in [0.25, 0.3) is 0 Å². The molecule has 2 N–H and O–H groups in total. The fourth-order valence-electron chi connectivity index (χ4n) is 1.13. The fourth-order valence-corrected chi connectivity index (χ4v) is 2.30. The van der Waals surface area contributed by atoms with Crippen molar-refractivity contribution in [2.45, 2.75) is 25.0 Å². The van der Waals surface area contributed by atoms with Crippen molar-refractivity contribution in [1.29, 1.82) is 0 Å². The summed E-state index contributed by atoms with van der Waals surface area (Å²) in [4.78, 5) is 4.12. The minimum absolute atomic E-state index is 0.187. The Morgan fingerprint density at radius 1 is 1.67 bits per heavy atom. The third-order valence-corrected chi connectivity index (χ3v) is 3.43. The molecule has 0 aliphatic heterocycles. The molecule has 0 spiro atoms. The molecule has 1 aromatic rings. The first kappa shape index (κ1) is 8.47. The standard InChI is InChI=1S/C7H9BrN2OS/c8-6-3-9-7(12-6)10-4-1-2-5(4)11/h3-5,11H,1-2H2,(H,9,10)/t4-,5-/m1/s1. The van der Waals surface area contributed by atoms with Gasteiger partial charge >= 0.3 is 0 Å². The van der Waals surface area contributed by atoms with Crippen molar-refractivity contribution >= 4 is 32.4 Å². The summed E-state index contributed by atoms with van der Waals surface area (Å²) in [5.41, 5.74) is 0. The highest BCUT2D eigenvalue weighted by molar-refractivity contribution is 9.11. The summed E-state index contributed by atoms with van der Waals surface area (Å²) in [5.74, 6) is 0. The van der Waals surface area contributed by atoms with E-state index in [1.165, 1.54) is 0 Å². The van der Waals surface area contributed by atoms with Crippen LogP contribution in [-0.2, 0) is 0 Å². The van der Waals surface area contributed by atoms with Gasteiger partial charge in [-0.25, -0.2) is 4.98 Å². The maximum absolute atomic E-state index is 9.28. The van der Waals surface area contributed by atoms with E-state index in [-0.39, 0.29) is 12.1 Å². The van der Waals surface area contributed by atoms with Crippen LogP contribution in [-0.4, -0.2) is 22.2 Å². The molecule has 1 saturated carbocycles. The highest BCUT2D eigenvalue weighted by atomic mass is 79.9. The molecule has 12 heavy (non-hydrogen) atoms. The summed E-state index contributed by atoms with van der Waals surface area (Å²) in [6.45, 7) is 0. The number of hydrogen-bond acceptors (Lipinski definition) is 4. The zero-order valence-corrected chi connectivity index (χ0v) is 8.73. The first-order chi connectivity index (χ1) is 5.75. The van der Waals surface area contributed by atoms with Crippen molar-refractivity contribution in [3.8, 4) is 0 Å². The monoisotopic (exact) mass is 248 g/mol. The van der Waals surface area contributed by atoms with Gasteiger partial charge in [-0.3, -0.25) is 0 Å². The molecule has 3 nitrogen and oxygen atoms in total. The molecule has 5 heteroatoms. The van der Waals surface area contributed by atoms with E-state index in [1.54, 1.807) is 17.5 Å². The van der Waals surface area contributed by atoms with Gasteiger partial charge in [0, 0.05) is 0 Å². The van der Waals surface area contributed by atoms with E-state index >= 15 is 0 Å². The average molecular weight is 249 g/mol. The molecule has 66 valence electrons. The summed E-state index contributed by atoms with van der Waals surface area (Å²) in [5, 5.41) is 13.3. The number of aromatic nitrogens is 1. The molecule has 0 bridgehead atoms. The van der Waals surface area contributed by atoms with Crippen LogP contribution < -0.4 is 5.32 Å². The van der Waals surface area contributed by atoms with Gasteiger partial charge in [-0.2, -0.15) is 0 Å². The van der Waals surface area contributed by atoms with Gasteiger partial charge in [-0.15, -0.1) is 0 Å². The topological polar surface area (TPSA) is 45.1 Å². The lowest BCUT2D eigenvalue weighted by Crippen LogP contribution is -2.42. The van der Waals surface area contributed by atoms with Crippen molar-refractivity contribution in [2.75, 3.05) is 5.32 Å². The number of thiazole rings is 1. The molecule has 0 radical (unpaired) electrons. The minimum Gasteiger partial charge on any atom is -0.391 e. The number of nitrogens with zero attached hydrogens (tertiary/aromatic N) is 1. The van der Waals surface area contributed by atoms with Crippen LogP contribution in [0.3, 0.4) is 0 Å². The first-order valence-electron chi connectivity index (χ1n) is 3.81. The molecular weight excluding hydrogens is 240 g/mol. The van der Waals surface area contributed by atoms with Crippen LogP contribution in [0.1, 0.15) is 12.8 Å². The van der Waals surface area contributed by atoms with Crippen molar-refractivity contribution < 1.29 is 5.11 Å². The highest BCUT2D eigenvalue weighted by Crippen LogP contribution is 2.28. The van der Waals surface area contributed by atoms with E-state index in [0.29, 0.717) is 0 Å². The van der Waals surface area contributed by atoms with Crippen molar-refractivity contribution in [3.63, 3.8) is 0 Å². The van der Waals surface area contributed by atoms with Crippen LogP contribution in [0, 0.1) is 0 Å². The third kappa shape index (κ3) is 1.62. The van der Waals surface area contributed by atoms with Gasteiger partial charge < -0.3 is 10.4 Å². The molecule has 2 atom stereocenters. The zero-order valence-electron chi connectivity index (χ0n) is 6.33. The predicted octanol–water partition coefficient (Wildman–Crippen LogP) is 1.84. The van der Waals surface area contributed by atoms with Crippen LogP contribution >= 0.6 is 27.3 Å². The first-order valence-corrected chi connectivity index (χ1v) is 5.42. The van der Waals surface area contributed by atoms with E-state index in [1.807, 2.05) is 0 Å². The third-order valence-electron chi connectivity index (χ3n) is 2.02. The van der Waals surface area contributed by atoms with E-state index in [0.717, 1.165) is 21.8 Å². The molecule has 0 saturated heterocycles. The predicted molar refractivity (Wildman–Crippen MR) is 52.5 cm³/mol. The van der Waals surface area contributed by atoms with Crippen molar-refractivity contribution in [3.05, 3.63) is 9.98 Å². The normalized spacial score (nSPS) is 28.2. The summed E-state index contributed by atoms with van der Waals surface area (Å²) in [6.07, 6.45) is 3.52. The Morgan fingerprint density at radius 2 is 2.50 bits per heavy atom. The van der Waals surface area contributed by atoms with E-state index in [9.17, 15) is 5.11 Å². The summed E-state index contributed by atoms with van der Waals surface area (Å²) < 4.78 is 1.01. The van der Waals surface area contributed by atoms with Crippen LogP contribution in [0.25, 0.3) is 0 Å². The Morgan fingerprint density at radius 3 is 2.92 bits per heavy atom. The quantitative estimate of drug-likeness (QED) is 0.840. The molecule has 1 fully saturated rings. The molecule has 1 heterocycles. The highest BCUT2D eigenvalue weighted by Gasteiger charge is 2.29. The Hall–Kier alpha value is -0.130. The Bertz CT molecular complexity index is 278. The van der Waals surface area contributed by atoms with Gasteiger partial charge in [0.1, 0.15) is 0 Å². The van der Waals surface area contributed by atoms with Crippen molar-refractivity contribution in [2.24, 2.45) is 0 Å². The fraction of sp³-hybridized carbons (Fsp3) is 0.571. The number of aliphatic hydroxyl groups is 1. The molecule has 1 aliphatic carbocycles. The van der Waals surface area contributed by atoms with Crippen LogP contribution in [0.4, 0.5) is 5.13 Å². The number of halogens is 1. The van der Waals surface area contributed by atoms with E-state index < -0.39 is 0 Å². The minimum atomic E-state index is -0.187. The largest absolute Gasteiger partial charge is 0.391 e. The molecule has 0 unspecified atom stereocenters. The Balaban J connectivity index is 1.95. The Labute approximate surface area is 83.0 Å². The second kappa shape index (κ2) is 3.32. The van der Waals surface area contributed by atoms with Crippen LogP contribution in [0.15, 0.2) is 9.98 Å². The lowest BCUT2D eigenvalue weighted by molar-refractivity contribution is 0.0786. The van der Waals surface area contributed by atoms with Crippen LogP contribution in [0.2, 0.25) is 0 Å². The van der Waals surface area contributed by atoms with Gasteiger partial charge in [0.15, 0.2) is 5.13 Å². The second-order valence-corrected chi connectivity index (χ2v) is 5.27. The summed E-state index contributed by atoms with van der Waals surface area (Å²) in [6, 6.07) is 0.211. The van der Waals surface area contributed by atoms with Gasteiger partial charge in [0.2, 0.25) is 0 Å². The second-order valence-electron chi connectivity index (χ2n) is 2.87. The SMILES string of the molecule is O[C@@H]1CC[C@H]1Nc1ncc(Br)s1. The number of rotatable bonds is 2. The number of nitrogens with one attached hydrogen (secondary N) is 1. The number of anilines is 1. The van der Waals surface area contributed by atoms with E-state index in [4.69, 9.17) is 0 Å². The maximum atomic E-state index is 9.28. The average Bonchev–Trinajstić information content (AvgIpc) is 2.44. The Kier molecular flexibility index (Phi) is 2.34. The molecule has 1 aromatic heterocycles. The van der Waals surface area contributed by atoms with Crippen molar-refractivity contribution in [1.82, 2.24) is 4.98 Å². The van der Waals surface area contributed by atoms with E-state index in [2.05, 4.69) is 26.2 Å². The molecule has 0 amide bonds. The number of hydrogen-bond donors (Lipinski definition) is 2. The van der Waals surface area contributed by atoms with Gasteiger partial charge in [0.05, 0.1) is 22.1 Å². The molecular formula is C7H9BrN2OS. The molecule has 1 aliphatic rings. The number of aliphatic hydroxyl groups excluding tert-OH is 1. The molecule has 2 rings (SSSR count). The lowest BCUT2D eigenvalue weighted by Gasteiger charge is -2.32. The smallest absolute Gasteiger partial charge is 0.184 e.